The monoisotopic (exact) mass is 344 g/mol. The van der Waals surface area contributed by atoms with Gasteiger partial charge in [-0.3, -0.25) is 9.48 Å². The Morgan fingerprint density at radius 3 is 2.96 bits per heavy atom. The molecule has 7 heteroatoms. The summed E-state index contributed by atoms with van der Waals surface area (Å²) >= 11 is 0. The molecule has 2 atom stereocenters. The summed E-state index contributed by atoms with van der Waals surface area (Å²) in [7, 11) is 1.78. The molecule has 0 bridgehead atoms. The van der Waals surface area contributed by atoms with Crippen molar-refractivity contribution in [1.29, 1.82) is 0 Å². The molecule has 7 nitrogen and oxygen atoms in total. The summed E-state index contributed by atoms with van der Waals surface area (Å²) in [5.74, 6) is 1.50. The van der Waals surface area contributed by atoms with Gasteiger partial charge in [-0.25, -0.2) is 0 Å². The van der Waals surface area contributed by atoms with E-state index < -0.39 is 0 Å². The van der Waals surface area contributed by atoms with Crippen molar-refractivity contribution >= 4 is 5.91 Å². The van der Waals surface area contributed by atoms with Crippen LogP contribution in [0.25, 0.3) is 0 Å². The van der Waals surface area contributed by atoms with Crippen molar-refractivity contribution in [3.8, 4) is 11.5 Å². The second-order valence-corrected chi connectivity index (χ2v) is 6.28. The lowest BCUT2D eigenvalue weighted by molar-refractivity contribution is -0.130. The van der Waals surface area contributed by atoms with E-state index in [2.05, 4.69) is 10.4 Å². The summed E-state index contributed by atoms with van der Waals surface area (Å²) in [5, 5.41) is 7.40. The highest BCUT2D eigenvalue weighted by molar-refractivity contribution is 5.78. The van der Waals surface area contributed by atoms with Crippen LogP contribution < -0.4 is 14.8 Å². The van der Waals surface area contributed by atoms with Crippen molar-refractivity contribution in [3.05, 3.63) is 42.7 Å². The van der Waals surface area contributed by atoms with Crippen molar-refractivity contribution in [1.82, 2.24) is 20.0 Å². The Balaban J connectivity index is 1.42. The van der Waals surface area contributed by atoms with Crippen LogP contribution in [0.15, 0.2) is 42.7 Å². The molecule has 1 aliphatic heterocycles. The van der Waals surface area contributed by atoms with Crippen molar-refractivity contribution in [2.45, 2.75) is 25.6 Å². The van der Waals surface area contributed by atoms with Gasteiger partial charge in [-0.05, 0) is 25.1 Å². The molecule has 134 valence electrons. The maximum atomic E-state index is 12.3. The van der Waals surface area contributed by atoms with Crippen LogP contribution in [0.4, 0.5) is 0 Å². The van der Waals surface area contributed by atoms with E-state index >= 15 is 0 Å². The van der Waals surface area contributed by atoms with Gasteiger partial charge in [-0.2, -0.15) is 5.10 Å². The Morgan fingerprint density at radius 1 is 1.40 bits per heavy atom. The van der Waals surface area contributed by atoms with Crippen LogP contribution in [0.2, 0.25) is 0 Å². The SMILES string of the molecule is C[C@H](Cn1cccn1)NCC(=O)N(C)C[C@H]1COc2ccccc2O1. The topological polar surface area (TPSA) is 68.6 Å². The molecule has 3 rings (SSSR count). The normalized spacial score (nSPS) is 17.1. The van der Waals surface area contributed by atoms with E-state index in [9.17, 15) is 4.79 Å². The van der Waals surface area contributed by atoms with Gasteiger partial charge in [0, 0.05) is 25.5 Å². The number of para-hydroxylation sites is 2. The number of nitrogens with one attached hydrogen (secondary N) is 1. The summed E-state index contributed by atoms with van der Waals surface area (Å²) in [6.07, 6.45) is 3.49. The Labute approximate surface area is 147 Å². The van der Waals surface area contributed by atoms with Gasteiger partial charge in [-0.1, -0.05) is 12.1 Å². The number of hydrogen-bond acceptors (Lipinski definition) is 5. The van der Waals surface area contributed by atoms with Gasteiger partial charge in [0.25, 0.3) is 0 Å². The third-order valence-electron chi connectivity index (χ3n) is 4.09. The van der Waals surface area contributed by atoms with Gasteiger partial charge in [0.2, 0.25) is 5.91 Å². The smallest absolute Gasteiger partial charge is 0.236 e. The van der Waals surface area contributed by atoms with Crippen LogP contribution in [0.1, 0.15) is 6.92 Å². The molecule has 25 heavy (non-hydrogen) atoms. The van der Waals surface area contributed by atoms with E-state index in [1.54, 1.807) is 18.1 Å². The molecule has 1 aliphatic rings. The quantitative estimate of drug-likeness (QED) is 0.816. The van der Waals surface area contributed by atoms with Gasteiger partial charge in [-0.15, -0.1) is 0 Å². The number of fused-ring (bicyclic) bond motifs is 1. The Bertz CT molecular complexity index is 689. The van der Waals surface area contributed by atoms with Crippen LogP contribution in [0.5, 0.6) is 11.5 Å². The minimum atomic E-state index is -0.162. The molecule has 0 unspecified atom stereocenters. The maximum Gasteiger partial charge on any atom is 0.236 e. The van der Waals surface area contributed by atoms with Crippen molar-refractivity contribution in [2.24, 2.45) is 0 Å². The molecular formula is C18H24N4O3. The van der Waals surface area contributed by atoms with Gasteiger partial charge in [0.05, 0.1) is 19.6 Å². The molecule has 0 saturated carbocycles. The average Bonchev–Trinajstić information content (AvgIpc) is 3.12. The summed E-state index contributed by atoms with van der Waals surface area (Å²) in [6, 6.07) is 9.61. The zero-order valence-corrected chi connectivity index (χ0v) is 14.6. The van der Waals surface area contributed by atoms with E-state index in [-0.39, 0.29) is 24.6 Å². The van der Waals surface area contributed by atoms with Crippen LogP contribution in [-0.4, -0.2) is 59.5 Å². The van der Waals surface area contributed by atoms with E-state index in [1.807, 2.05) is 48.1 Å². The number of hydrogen-bond donors (Lipinski definition) is 1. The van der Waals surface area contributed by atoms with Crippen LogP contribution in [0, 0.1) is 0 Å². The van der Waals surface area contributed by atoms with Gasteiger partial charge in [0.1, 0.15) is 6.61 Å². The molecule has 0 radical (unpaired) electrons. The zero-order chi connectivity index (χ0) is 17.6. The molecule has 1 N–H and O–H groups in total. The maximum absolute atomic E-state index is 12.3. The number of carbonyl (C=O) groups is 1. The van der Waals surface area contributed by atoms with Crippen LogP contribution >= 0.6 is 0 Å². The molecule has 2 aromatic rings. The predicted octanol–water partition coefficient (Wildman–Crippen LogP) is 1.16. The van der Waals surface area contributed by atoms with Crippen molar-refractivity contribution in [3.63, 3.8) is 0 Å². The first-order valence-corrected chi connectivity index (χ1v) is 8.45. The summed E-state index contributed by atoms with van der Waals surface area (Å²) in [4.78, 5) is 14.0. The first-order chi connectivity index (χ1) is 12.1. The van der Waals surface area contributed by atoms with E-state index in [0.29, 0.717) is 13.2 Å². The number of likely N-dealkylation sites (N-methyl/N-ethyl adjacent to an activating group) is 1. The fourth-order valence-electron chi connectivity index (χ4n) is 2.71. The lowest BCUT2D eigenvalue weighted by atomic mass is 10.2. The summed E-state index contributed by atoms with van der Waals surface area (Å²) in [5.41, 5.74) is 0. The molecule has 0 aliphatic carbocycles. The van der Waals surface area contributed by atoms with Crippen molar-refractivity contribution in [2.75, 3.05) is 26.7 Å². The predicted molar refractivity (Wildman–Crippen MR) is 93.7 cm³/mol. The highest BCUT2D eigenvalue weighted by atomic mass is 16.6. The summed E-state index contributed by atoms with van der Waals surface area (Å²) < 4.78 is 13.4. The average molecular weight is 344 g/mol. The fraction of sp³-hybridized carbons (Fsp3) is 0.444. The van der Waals surface area contributed by atoms with E-state index in [0.717, 1.165) is 18.0 Å². The zero-order valence-electron chi connectivity index (χ0n) is 14.6. The number of rotatable bonds is 7. The molecule has 1 aromatic heterocycles. The molecule has 0 fully saturated rings. The minimum absolute atomic E-state index is 0.0229. The fourth-order valence-corrected chi connectivity index (χ4v) is 2.71. The number of ether oxygens (including phenoxy) is 2. The molecule has 2 heterocycles. The lowest BCUT2D eigenvalue weighted by Gasteiger charge is -2.29. The number of nitrogens with zero attached hydrogens (tertiary/aromatic N) is 3. The molecular weight excluding hydrogens is 320 g/mol. The third kappa shape index (κ3) is 4.73. The largest absolute Gasteiger partial charge is 0.486 e. The first kappa shape index (κ1) is 17.3. The first-order valence-electron chi connectivity index (χ1n) is 8.45. The van der Waals surface area contributed by atoms with Gasteiger partial charge < -0.3 is 19.7 Å². The second-order valence-electron chi connectivity index (χ2n) is 6.28. The Kier molecular flexibility index (Phi) is 5.55. The molecule has 1 amide bonds. The van der Waals surface area contributed by atoms with Crippen molar-refractivity contribution < 1.29 is 14.3 Å². The Morgan fingerprint density at radius 2 is 2.20 bits per heavy atom. The lowest BCUT2D eigenvalue weighted by Crippen LogP contribution is -2.46. The molecule has 0 spiro atoms. The summed E-state index contributed by atoms with van der Waals surface area (Å²) in [6.45, 7) is 3.97. The van der Waals surface area contributed by atoms with Gasteiger partial charge >= 0.3 is 0 Å². The van der Waals surface area contributed by atoms with Crippen LogP contribution in [0.3, 0.4) is 0 Å². The highest BCUT2D eigenvalue weighted by Gasteiger charge is 2.23. The number of aromatic nitrogens is 2. The third-order valence-corrected chi connectivity index (χ3v) is 4.09. The minimum Gasteiger partial charge on any atom is -0.486 e. The Hall–Kier alpha value is -2.54. The standard InChI is InChI=1S/C18H24N4O3/c1-14(11-22-9-5-8-20-22)19-10-18(23)21(2)12-15-13-24-16-6-3-4-7-17(16)25-15/h3-9,14-15,19H,10-13H2,1-2H3/t14-,15+/m1/s1. The van der Waals surface area contributed by atoms with Gasteiger partial charge in [0.15, 0.2) is 17.6 Å². The molecule has 1 aromatic carbocycles. The van der Waals surface area contributed by atoms with E-state index in [1.165, 1.54) is 0 Å². The number of benzene rings is 1. The highest BCUT2D eigenvalue weighted by Crippen LogP contribution is 2.30. The number of carbonyl (C=O) groups excluding carboxylic acids is 1. The number of amides is 1. The molecule has 0 saturated heterocycles. The second kappa shape index (κ2) is 8.02. The van der Waals surface area contributed by atoms with E-state index in [4.69, 9.17) is 9.47 Å². The van der Waals surface area contributed by atoms with Crippen LogP contribution in [-0.2, 0) is 11.3 Å².